The predicted molar refractivity (Wildman–Crippen MR) is 195 cm³/mol. The summed E-state index contributed by atoms with van der Waals surface area (Å²) in [7, 11) is 1.95. The quantitative estimate of drug-likeness (QED) is 0.108. The summed E-state index contributed by atoms with van der Waals surface area (Å²) in [5, 5.41) is 6.40. The van der Waals surface area contributed by atoms with Crippen molar-refractivity contribution in [2.45, 2.75) is 20.0 Å². The third-order valence-corrected chi connectivity index (χ3v) is 8.22. The van der Waals surface area contributed by atoms with E-state index in [2.05, 4.69) is 22.8 Å². The van der Waals surface area contributed by atoms with Crippen LogP contribution in [0.15, 0.2) is 133 Å². The van der Waals surface area contributed by atoms with Crippen molar-refractivity contribution in [3.8, 4) is 0 Å². The molecule has 1 aliphatic rings. The second-order valence-electron chi connectivity index (χ2n) is 11.8. The average Bonchev–Trinajstić information content (AvgIpc) is 3.45. The second kappa shape index (κ2) is 15.3. The lowest BCUT2D eigenvalue weighted by molar-refractivity contribution is -0.119. The summed E-state index contributed by atoms with van der Waals surface area (Å²) in [5.41, 5.74) is 7.17. The molecule has 246 valence electrons. The number of rotatable bonds is 12. The Bertz CT molecular complexity index is 1960. The Morgan fingerprint density at radius 3 is 1.98 bits per heavy atom. The fourth-order valence-corrected chi connectivity index (χ4v) is 5.87. The molecule has 0 spiro atoms. The number of amides is 2. The SMILES string of the molecule is CCOC(=O)c1ccc2c(c1)NC(=O)/C2=C(\Nc1ccc(N(Cc2ccccc2)C(=O)CN(C)Cc2ccccc2)cc1)c1ccccc1. The Kier molecular flexibility index (Phi) is 10.3. The normalized spacial score (nSPS) is 13.0. The summed E-state index contributed by atoms with van der Waals surface area (Å²) in [5.74, 6) is -0.740. The van der Waals surface area contributed by atoms with E-state index in [1.54, 1.807) is 30.0 Å². The number of benzene rings is 5. The smallest absolute Gasteiger partial charge is 0.338 e. The number of nitrogens with one attached hydrogen (secondary N) is 2. The summed E-state index contributed by atoms with van der Waals surface area (Å²) in [6.45, 7) is 3.35. The molecule has 5 aromatic rings. The number of hydrogen-bond acceptors (Lipinski definition) is 6. The van der Waals surface area contributed by atoms with Gasteiger partial charge in [0.1, 0.15) is 0 Å². The van der Waals surface area contributed by atoms with Crippen molar-refractivity contribution < 1.29 is 19.1 Å². The number of ether oxygens (including phenoxy) is 1. The Labute approximate surface area is 286 Å². The molecule has 0 atom stereocenters. The van der Waals surface area contributed by atoms with Crippen molar-refractivity contribution in [3.63, 3.8) is 0 Å². The van der Waals surface area contributed by atoms with Crippen LogP contribution in [-0.4, -0.2) is 42.9 Å². The van der Waals surface area contributed by atoms with Crippen LogP contribution < -0.4 is 15.5 Å². The van der Waals surface area contributed by atoms with Gasteiger partial charge in [-0.2, -0.15) is 0 Å². The van der Waals surface area contributed by atoms with E-state index in [9.17, 15) is 14.4 Å². The number of carbonyl (C=O) groups excluding carboxylic acids is 3. The van der Waals surface area contributed by atoms with Crippen molar-refractivity contribution >= 4 is 46.1 Å². The molecule has 0 unspecified atom stereocenters. The lowest BCUT2D eigenvalue weighted by Crippen LogP contribution is -2.38. The molecule has 1 heterocycles. The van der Waals surface area contributed by atoms with E-state index < -0.39 is 5.97 Å². The Balaban J connectivity index is 1.29. The van der Waals surface area contributed by atoms with Gasteiger partial charge in [-0.25, -0.2) is 4.79 Å². The topological polar surface area (TPSA) is 91.0 Å². The van der Waals surface area contributed by atoms with E-state index in [4.69, 9.17) is 4.74 Å². The molecule has 0 radical (unpaired) electrons. The van der Waals surface area contributed by atoms with Crippen LogP contribution in [0.5, 0.6) is 0 Å². The molecule has 0 saturated heterocycles. The second-order valence-corrected chi connectivity index (χ2v) is 11.8. The van der Waals surface area contributed by atoms with Crippen LogP contribution >= 0.6 is 0 Å². The molecule has 0 aromatic heterocycles. The highest BCUT2D eigenvalue weighted by molar-refractivity contribution is 6.37. The van der Waals surface area contributed by atoms with Crippen LogP contribution in [0, 0.1) is 0 Å². The van der Waals surface area contributed by atoms with Crippen molar-refractivity contribution in [2.75, 3.05) is 35.7 Å². The zero-order valence-corrected chi connectivity index (χ0v) is 27.6. The maximum atomic E-state index is 13.8. The van der Waals surface area contributed by atoms with E-state index in [1.165, 1.54) is 0 Å². The maximum Gasteiger partial charge on any atom is 0.338 e. The molecule has 0 saturated carbocycles. The molecule has 2 N–H and O–H groups in total. The first-order chi connectivity index (χ1) is 23.9. The van der Waals surface area contributed by atoms with Gasteiger partial charge >= 0.3 is 5.97 Å². The molecule has 1 aliphatic heterocycles. The number of fused-ring (bicyclic) bond motifs is 1. The van der Waals surface area contributed by atoms with Gasteiger partial charge in [0.15, 0.2) is 0 Å². The number of nitrogens with zero attached hydrogens (tertiary/aromatic N) is 2. The van der Waals surface area contributed by atoms with Gasteiger partial charge < -0.3 is 20.3 Å². The number of anilines is 3. The van der Waals surface area contributed by atoms with E-state index in [1.807, 2.05) is 115 Å². The van der Waals surface area contributed by atoms with Crippen molar-refractivity contribution in [1.82, 2.24) is 4.90 Å². The molecule has 8 nitrogen and oxygen atoms in total. The molecule has 49 heavy (non-hydrogen) atoms. The van der Waals surface area contributed by atoms with Crippen LogP contribution in [0.1, 0.15) is 39.5 Å². The fourth-order valence-electron chi connectivity index (χ4n) is 5.87. The molecule has 5 aromatic carbocycles. The molecule has 0 fully saturated rings. The minimum atomic E-state index is -0.443. The summed E-state index contributed by atoms with van der Waals surface area (Å²) >= 11 is 0. The lowest BCUT2D eigenvalue weighted by atomic mass is 9.99. The van der Waals surface area contributed by atoms with Crippen molar-refractivity contribution in [1.29, 1.82) is 0 Å². The first-order valence-electron chi connectivity index (χ1n) is 16.3. The fraction of sp³-hybridized carbons (Fsp3) is 0.146. The van der Waals surface area contributed by atoms with Crippen molar-refractivity contribution in [2.24, 2.45) is 0 Å². The third kappa shape index (κ3) is 7.94. The summed E-state index contributed by atoms with van der Waals surface area (Å²) in [6, 6.07) is 42.4. The van der Waals surface area contributed by atoms with Gasteiger partial charge in [-0.1, -0.05) is 97.1 Å². The highest BCUT2D eigenvalue weighted by Crippen LogP contribution is 2.38. The highest BCUT2D eigenvalue weighted by Gasteiger charge is 2.29. The van der Waals surface area contributed by atoms with Crippen LogP contribution in [0.3, 0.4) is 0 Å². The minimum absolute atomic E-state index is 0.0171. The maximum absolute atomic E-state index is 13.8. The zero-order valence-electron chi connectivity index (χ0n) is 27.6. The number of hydrogen-bond donors (Lipinski definition) is 2. The van der Waals surface area contributed by atoms with Gasteiger partial charge in [0.05, 0.1) is 42.2 Å². The highest BCUT2D eigenvalue weighted by atomic mass is 16.5. The number of carbonyl (C=O) groups is 3. The molecule has 8 heteroatoms. The van der Waals surface area contributed by atoms with Crippen LogP contribution in [-0.2, 0) is 27.4 Å². The molecular formula is C41H38N4O4. The summed E-state index contributed by atoms with van der Waals surface area (Å²) in [4.78, 5) is 43.5. The standard InChI is InChI=1S/C41H38N4O4/c1-3-49-41(48)32-19-24-35-36(25-32)43-40(47)38(35)39(31-17-11-6-12-18-31)42-33-20-22-34(23-21-33)45(27-30-15-9-5-10-16-30)37(46)28-44(2)26-29-13-7-4-8-14-29/h4-25,42H,3,26-28H2,1-2H3,(H,43,47)/b39-38-. The first-order valence-corrected chi connectivity index (χ1v) is 16.3. The van der Waals surface area contributed by atoms with Crippen LogP contribution in [0.2, 0.25) is 0 Å². The average molecular weight is 651 g/mol. The Morgan fingerprint density at radius 1 is 0.735 bits per heavy atom. The molecule has 0 aliphatic carbocycles. The van der Waals surface area contributed by atoms with Gasteiger partial charge in [-0.15, -0.1) is 0 Å². The third-order valence-electron chi connectivity index (χ3n) is 8.22. The van der Waals surface area contributed by atoms with Gasteiger partial charge in [-0.05, 0) is 67.1 Å². The first kappa shape index (κ1) is 32.9. The van der Waals surface area contributed by atoms with Gasteiger partial charge in [-0.3, -0.25) is 14.5 Å². The lowest BCUT2D eigenvalue weighted by Gasteiger charge is -2.26. The van der Waals surface area contributed by atoms with Gasteiger partial charge in [0.2, 0.25) is 5.91 Å². The van der Waals surface area contributed by atoms with E-state index in [-0.39, 0.29) is 25.0 Å². The molecule has 0 bridgehead atoms. The van der Waals surface area contributed by atoms with Gasteiger partial charge in [0.25, 0.3) is 5.91 Å². The van der Waals surface area contributed by atoms with Crippen LogP contribution in [0.4, 0.5) is 17.1 Å². The van der Waals surface area contributed by atoms with E-state index >= 15 is 0 Å². The minimum Gasteiger partial charge on any atom is -0.462 e. The van der Waals surface area contributed by atoms with E-state index in [0.29, 0.717) is 41.2 Å². The van der Waals surface area contributed by atoms with Crippen molar-refractivity contribution in [3.05, 3.63) is 161 Å². The Morgan fingerprint density at radius 2 is 1.35 bits per heavy atom. The van der Waals surface area contributed by atoms with Crippen LogP contribution in [0.25, 0.3) is 11.3 Å². The largest absolute Gasteiger partial charge is 0.462 e. The predicted octanol–water partition coefficient (Wildman–Crippen LogP) is 7.46. The number of likely N-dealkylation sites (N-methyl/N-ethyl adjacent to an activating group) is 1. The summed E-state index contributed by atoms with van der Waals surface area (Å²) in [6.07, 6.45) is 0. The number of esters is 1. The monoisotopic (exact) mass is 650 g/mol. The zero-order chi connectivity index (χ0) is 34.2. The molecular weight excluding hydrogens is 612 g/mol. The summed E-state index contributed by atoms with van der Waals surface area (Å²) < 4.78 is 5.15. The van der Waals surface area contributed by atoms with Gasteiger partial charge in [0, 0.05) is 23.5 Å². The van der Waals surface area contributed by atoms with E-state index in [0.717, 1.165) is 28.1 Å². The Hall–Kier alpha value is -5.99. The molecule has 2 amide bonds. The molecule has 6 rings (SSSR count).